The maximum absolute atomic E-state index is 13.9. The van der Waals surface area contributed by atoms with Gasteiger partial charge < -0.3 is 10.1 Å². The van der Waals surface area contributed by atoms with Gasteiger partial charge in [0.15, 0.2) is 0 Å². The number of hydrogen-bond donors (Lipinski definition) is 1. The molecule has 3 aromatic rings. The van der Waals surface area contributed by atoms with E-state index in [9.17, 15) is 27.6 Å². The van der Waals surface area contributed by atoms with Crippen LogP contribution in [0.4, 0.5) is 23.7 Å². The summed E-state index contributed by atoms with van der Waals surface area (Å²) in [6.07, 6.45) is 1.43. The zero-order valence-corrected chi connectivity index (χ0v) is 20.7. The second kappa shape index (κ2) is 11.0. The average molecular weight is 577 g/mol. The maximum Gasteiger partial charge on any atom is 0.294 e. The number of imide groups is 1. The van der Waals surface area contributed by atoms with Gasteiger partial charge in [-0.25, -0.2) is 13.2 Å². The number of ether oxygens (including phenoxy) is 1. The molecule has 4 rings (SSSR count). The summed E-state index contributed by atoms with van der Waals surface area (Å²) < 4.78 is 47.2. The molecule has 184 valence electrons. The van der Waals surface area contributed by atoms with Crippen molar-refractivity contribution >= 4 is 56.5 Å². The van der Waals surface area contributed by atoms with Crippen LogP contribution in [0, 0.1) is 17.5 Å². The molecule has 0 radical (unpaired) electrons. The van der Waals surface area contributed by atoms with Crippen molar-refractivity contribution in [3.05, 3.63) is 98.6 Å². The van der Waals surface area contributed by atoms with Gasteiger partial charge >= 0.3 is 0 Å². The first kappa shape index (κ1) is 25.5. The first-order valence-corrected chi connectivity index (χ1v) is 12.0. The van der Waals surface area contributed by atoms with Gasteiger partial charge in [0.1, 0.15) is 36.4 Å². The lowest BCUT2D eigenvalue weighted by Gasteiger charge is -2.13. The summed E-state index contributed by atoms with van der Waals surface area (Å²) >= 11 is 3.97. The third-order valence-electron chi connectivity index (χ3n) is 4.98. The first-order chi connectivity index (χ1) is 17.2. The third kappa shape index (κ3) is 5.97. The number of nitrogens with zero attached hydrogens (tertiary/aromatic N) is 1. The Morgan fingerprint density at radius 2 is 1.81 bits per heavy atom. The Hall–Kier alpha value is -3.57. The molecule has 0 aliphatic carbocycles. The minimum absolute atomic E-state index is 0.0367. The highest BCUT2D eigenvalue weighted by molar-refractivity contribution is 9.10. The molecule has 11 heteroatoms. The lowest BCUT2D eigenvalue weighted by atomic mass is 10.1. The van der Waals surface area contributed by atoms with Crippen molar-refractivity contribution in [2.75, 3.05) is 11.9 Å². The molecular weight excluding hydrogens is 561 g/mol. The Kier molecular flexibility index (Phi) is 7.80. The third-order valence-corrected chi connectivity index (χ3v) is 6.38. The molecule has 0 spiro atoms. The van der Waals surface area contributed by atoms with E-state index < -0.39 is 41.0 Å². The molecule has 1 saturated heterocycles. The number of carbonyl (C=O) groups excluding carboxylic acids is 3. The Labute approximate surface area is 216 Å². The number of anilines is 1. The smallest absolute Gasteiger partial charge is 0.294 e. The highest BCUT2D eigenvalue weighted by Gasteiger charge is 2.36. The van der Waals surface area contributed by atoms with Crippen LogP contribution in [0.25, 0.3) is 6.08 Å². The summed E-state index contributed by atoms with van der Waals surface area (Å²) in [6, 6.07) is 13.7. The summed E-state index contributed by atoms with van der Waals surface area (Å²) in [5.41, 5.74) is 0.508. The Morgan fingerprint density at radius 1 is 1.03 bits per heavy atom. The normalized spacial score (nSPS) is 14.4. The summed E-state index contributed by atoms with van der Waals surface area (Å²) in [4.78, 5) is 38.3. The van der Waals surface area contributed by atoms with Crippen LogP contribution in [0.3, 0.4) is 0 Å². The molecule has 1 aliphatic heterocycles. The fraction of sp³-hybridized carbons (Fsp3) is 0.0800. The largest absolute Gasteiger partial charge is 0.488 e. The van der Waals surface area contributed by atoms with Gasteiger partial charge in [0, 0.05) is 21.7 Å². The van der Waals surface area contributed by atoms with Gasteiger partial charge in [-0.15, -0.1) is 0 Å². The molecule has 1 N–H and O–H groups in total. The minimum Gasteiger partial charge on any atom is -0.488 e. The van der Waals surface area contributed by atoms with Crippen molar-refractivity contribution in [1.82, 2.24) is 4.90 Å². The molecule has 0 saturated carbocycles. The van der Waals surface area contributed by atoms with E-state index in [0.717, 1.165) is 12.1 Å². The molecule has 1 fully saturated rings. The molecule has 0 bridgehead atoms. The molecule has 1 aliphatic rings. The lowest BCUT2D eigenvalue weighted by Crippen LogP contribution is -2.36. The fourth-order valence-corrected chi connectivity index (χ4v) is 4.44. The van der Waals surface area contributed by atoms with Crippen LogP contribution in [0.5, 0.6) is 5.75 Å². The summed E-state index contributed by atoms with van der Waals surface area (Å²) in [7, 11) is 0. The number of thioether (sulfide) groups is 1. The van der Waals surface area contributed by atoms with Gasteiger partial charge in [0.2, 0.25) is 5.91 Å². The second-order valence-corrected chi connectivity index (χ2v) is 9.41. The summed E-state index contributed by atoms with van der Waals surface area (Å²) in [6.45, 7) is -0.718. The molecule has 36 heavy (non-hydrogen) atoms. The van der Waals surface area contributed by atoms with E-state index in [0.29, 0.717) is 44.1 Å². The predicted molar refractivity (Wildman–Crippen MR) is 133 cm³/mol. The van der Waals surface area contributed by atoms with E-state index in [1.807, 2.05) is 0 Å². The van der Waals surface area contributed by atoms with E-state index in [1.54, 1.807) is 36.4 Å². The van der Waals surface area contributed by atoms with E-state index in [-0.39, 0.29) is 17.2 Å². The van der Waals surface area contributed by atoms with Crippen LogP contribution in [-0.2, 0) is 16.2 Å². The topological polar surface area (TPSA) is 75.7 Å². The Balaban J connectivity index is 1.49. The number of halogens is 4. The van der Waals surface area contributed by atoms with Crippen molar-refractivity contribution in [3.63, 3.8) is 0 Å². The minimum atomic E-state index is -0.991. The molecular formula is C25H16BrF3N2O4S. The van der Waals surface area contributed by atoms with Gasteiger partial charge in [0.05, 0.1) is 10.6 Å². The molecule has 3 amide bonds. The number of carbonyl (C=O) groups is 3. The van der Waals surface area contributed by atoms with Gasteiger partial charge in [-0.3, -0.25) is 19.3 Å². The van der Waals surface area contributed by atoms with Gasteiger partial charge in [0.25, 0.3) is 11.1 Å². The van der Waals surface area contributed by atoms with Crippen LogP contribution in [0.1, 0.15) is 11.1 Å². The number of nitrogens with one attached hydrogen (secondary N) is 1. The van der Waals surface area contributed by atoms with E-state index >= 15 is 0 Å². The van der Waals surface area contributed by atoms with Gasteiger partial charge in [-0.05, 0) is 54.2 Å². The second-order valence-electron chi connectivity index (χ2n) is 7.50. The standard InChI is InChI=1S/C25H16BrF3N2O4S/c26-16-5-8-21(35-13-14-3-1-2-4-18(14)28)15(9-16)10-22-24(33)31(25(34)36-22)12-23(32)30-20-7-6-17(27)11-19(20)29/h1-11H,12-13H2,(H,30,32)/b22-10-. The van der Waals surface area contributed by atoms with Crippen molar-refractivity contribution in [2.45, 2.75) is 6.61 Å². The van der Waals surface area contributed by atoms with Crippen LogP contribution < -0.4 is 10.1 Å². The molecule has 0 unspecified atom stereocenters. The highest BCUT2D eigenvalue weighted by atomic mass is 79.9. The van der Waals surface area contributed by atoms with Crippen molar-refractivity contribution < 1.29 is 32.3 Å². The number of amides is 3. The molecule has 1 heterocycles. The van der Waals surface area contributed by atoms with Gasteiger partial charge in [-0.1, -0.05) is 34.1 Å². The van der Waals surface area contributed by atoms with E-state index in [4.69, 9.17) is 4.74 Å². The summed E-state index contributed by atoms with van der Waals surface area (Å²) in [5, 5.41) is 1.52. The fourth-order valence-electron chi connectivity index (χ4n) is 3.24. The zero-order valence-electron chi connectivity index (χ0n) is 18.3. The van der Waals surface area contributed by atoms with Crippen LogP contribution >= 0.6 is 27.7 Å². The SMILES string of the molecule is O=C(CN1C(=O)S/C(=C\c2cc(Br)ccc2OCc2ccccc2F)C1=O)Nc1ccc(F)cc1F. The highest BCUT2D eigenvalue weighted by Crippen LogP contribution is 2.35. The zero-order chi connectivity index (χ0) is 25.8. The number of hydrogen-bond acceptors (Lipinski definition) is 5. The van der Waals surface area contributed by atoms with Crippen LogP contribution in [0.15, 0.2) is 70.0 Å². The Bertz CT molecular complexity index is 1400. The first-order valence-electron chi connectivity index (χ1n) is 10.4. The monoisotopic (exact) mass is 576 g/mol. The predicted octanol–water partition coefficient (Wildman–Crippen LogP) is 6.12. The quantitative estimate of drug-likeness (QED) is 0.343. The van der Waals surface area contributed by atoms with Crippen molar-refractivity contribution in [1.29, 1.82) is 0 Å². The molecule has 0 atom stereocenters. The van der Waals surface area contributed by atoms with Crippen molar-refractivity contribution in [3.8, 4) is 5.75 Å². The van der Waals surface area contributed by atoms with E-state index in [1.165, 1.54) is 12.1 Å². The van der Waals surface area contributed by atoms with Gasteiger partial charge in [-0.2, -0.15) is 0 Å². The maximum atomic E-state index is 13.9. The van der Waals surface area contributed by atoms with E-state index in [2.05, 4.69) is 21.2 Å². The average Bonchev–Trinajstić information content (AvgIpc) is 3.08. The number of rotatable bonds is 7. The number of benzene rings is 3. The summed E-state index contributed by atoms with van der Waals surface area (Å²) in [5.74, 6) is -3.43. The molecule has 3 aromatic carbocycles. The molecule has 0 aromatic heterocycles. The molecule has 6 nitrogen and oxygen atoms in total. The Morgan fingerprint density at radius 3 is 2.56 bits per heavy atom. The lowest BCUT2D eigenvalue weighted by molar-refractivity contribution is -0.127. The van der Waals surface area contributed by atoms with Crippen LogP contribution in [-0.4, -0.2) is 28.5 Å². The van der Waals surface area contributed by atoms with Crippen LogP contribution in [0.2, 0.25) is 0 Å². The van der Waals surface area contributed by atoms with Crippen molar-refractivity contribution in [2.24, 2.45) is 0 Å².